The van der Waals surface area contributed by atoms with Gasteiger partial charge in [-0.1, -0.05) is 6.08 Å². The Morgan fingerprint density at radius 1 is 1.45 bits per heavy atom. The van der Waals surface area contributed by atoms with Crippen molar-refractivity contribution in [3.05, 3.63) is 35.0 Å². The molecule has 3 heterocycles. The standard InChI is InChI=1S/C17H24N2O2S/c1-2-5-18-7-8-21-16-12-19(6-3-15(16)11-18)17(20)10-14-4-9-22-13-14/h2,4,9,13,15-16H,1,3,5-8,10-12H2/t15-,16+/m1/s1. The minimum absolute atomic E-state index is 0.190. The Hall–Kier alpha value is -1.17. The maximum atomic E-state index is 12.4. The van der Waals surface area contributed by atoms with E-state index in [-0.39, 0.29) is 12.0 Å². The molecule has 0 aromatic carbocycles. The lowest BCUT2D eigenvalue weighted by atomic mass is 9.93. The first-order valence-electron chi connectivity index (χ1n) is 8.00. The molecule has 5 heteroatoms. The lowest BCUT2D eigenvalue weighted by molar-refractivity contribution is -0.136. The van der Waals surface area contributed by atoms with Crippen LogP contribution < -0.4 is 0 Å². The van der Waals surface area contributed by atoms with Crippen LogP contribution in [0, 0.1) is 5.92 Å². The summed E-state index contributed by atoms with van der Waals surface area (Å²) >= 11 is 1.64. The summed E-state index contributed by atoms with van der Waals surface area (Å²) in [5, 5.41) is 4.08. The molecule has 1 aromatic rings. The molecule has 0 aliphatic carbocycles. The molecule has 0 radical (unpaired) electrons. The minimum atomic E-state index is 0.190. The Bertz CT molecular complexity index is 503. The molecule has 2 atom stereocenters. The van der Waals surface area contributed by atoms with E-state index in [0.29, 0.717) is 12.3 Å². The first-order chi connectivity index (χ1) is 10.8. The Labute approximate surface area is 136 Å². The molecule has 2 fully saturated rings. The average molecular weight is 320 g/mol. The van der Waals surface area contributed by atoms with Crippen molar-refractivity contribution in [1.82, 2.24) is 9.80 Å². The maximum Gasteiger partial charge on any atom is 0.227 e. The summed E-state index contributed by atoms with van der Waals surface area (Å²) in [4.78, 5) is 16.8. The third-order valence-electron chi connectivity index (χ3n) is 4.60. The summed E-state index contributed by atoms with van der Waals surface area (Å²) in [5.41, 5.74) is 1.12. The third-order valence-corrected chi connectivity index (χ3v) is 5.34. The van der Waals surface area contributed by atoms with Crippen LogP contribution in [-0.2, 0) is 16.0 Å². The number of hydrogen-bond donors (Lipinski definition) is 0. The van der Waals surface area contributed by atoms with Gasteiger partial charge in [-0.3, -0.25) is 9.69 Å². The van der Waals surface area contributed by atoms with E-state index in [1.807, 2.05) is 22.4 Å². The Balaban J connectivity index is 1.56. The molecule has 1 aromatic heterocycles. The van der Waals surface area contributed by atoms with E-state index in [0.717, 1.165) is 51.3 Å². The lowest BCUT2D eigenvalue weighted by Gasteiger charge is -2.38. The van der Waals surface area contributed by atoms with Gasteiger partial charge >= 0.3 is 0 Å². The highest BCUT2D eigenvalue weighted by Crippen LogP contribution is 2.24. The molecule has 2 aliphatic heterocycles. The van der Waals surface area contributed by atoms with Gasteiger partial charge in [0.15, 0.2) is 0 Å². The molecule has 4 nitrogen and oxygen atoms in total. The summed E-state index contributed by atoms with van der Waals surface area (Å²) in [6.45, 7) is 9.12. The predicted molar refractivity (Wildman–Crippen MR) is 89.1 cm³/mol. The number of amides is 1. The number of carbonyl (C=O) groups is 1. The molecular formula is C17H24N2O2S. The first-order valence-corrected chi connectivity index (χ1v) is 8.94. The Morgan fingerprint density at radius 3 is 3.14 bits per heavy atom. The molecule has 1 amide bonds. The van der Waals surface area contributed by atoms with Gasteiger partial charge in [0.05, 0.1) is 19.1 Å². The SMILES string of the molecule is C=CCN1CCO[C@H]2CN(C(=O)Cc3ccsc3)CC[C@@H]2C1. The second-order valence-electron chi connectivity index (χ2n) is 6.15. The van der Waals surface area contributed by atoms with Crippen LogP contribution in [0.2, 0.25) is 0 Å². The Kier molecular flexibility index (Phi) is 5.28. The van der Waals surface area contributed by atoms with Gasteiger partial charge in [0, 0.05) is 38.6 Å². The van der Waals surface area contributed by atoms with Crippen molar-refractivity contribution in [2.45, 2.75) is 18.9 Å². The molecule has 2 aliphatic rings. The van der Waals surface area contributed by atoms with E-state index in [2.05, 4.69) is 16.9 Å². The van der Waals surface area contributed by atoms with Gasteiger partial charge in [0.1, 0.15) is 0 Å². The topological polar surface area (TPSA) is 32.8 Å². The molecule has 22 heavy (non-hydrogen) atoms. The van der Waals surface area contributed by atoms with E-state index in [1.54, 1.807) is 11.3 Å². The van der Waals surface area contributed by atoms with Crippen LogP contribution in [0.1, 0.15) is 12.0 Å². The van der Waals surface area contributed by atoms with E-state index in [9.17, 15) is 4.79 Å². The molecule has 120 valence electrons. The number of hydrogen-bond acceptors (Lipinski definition) is 4. The second kappa shape index (κ2) is 7.40. The summed E-state index contributed by atoms with van der Waals surface area (Å²) in [7, 11) is 0. The molecule has 0 N–H and O–H groups in total. The van der Waals surface area contributed by atoms with Crippen LogP contribution in [0.3, 0.4) is 0 Å². The zero-order chi connectivity index (χ0) is 15.4. The summed E-state index contributed by atoms with van der Waals surface area (Å²) < 4.78 is 6.03. The summed E-state index contributed by atoms with van der Waals surface area (Å²) in [5.74, 6) is 0.764. The van der Waals surface area contributed by atoms with Gasteiger partial charge in [0.2, 0.25) is 5.91 Å². The van der Waals surface area contributed by atoms with Crippen molar-refractivity contribution >= 4 is 17.2 Å². The monoisotopic (exact) mass is 320 g/mol. The number of nitrogens with zero attached hydrogens (tertiary/aromatic N) is 2. The van der Waals surface area contributed by atoms with Crippen LogP contribution in [0.5, 0.6) is 0 Å². The molecule has 0 saturated carbocycles. The molecule has 0 bridgehead atoms. The second-order valence-corrected chi connectivity index (χ2v) is 6.93. The summed E-state index contributed by atoms with van der Waals surface area (Å²) in [6.07, 6.45) is 3.70. The smallest absolute Gasteiger partial charge is 0.227 e. The highest BCUT2D eigenvalue weighted by Gasteiger charge is 2.34. The number of carbonyl (C=O) groups excluding carboxylic acids is 1. The van der Waals surface area contributed by atoms with Crippen LogP contribution in [0.15, 0.2) is 29.5 Å². The van der Waals surface area contributed by atoms with Crippen molar-refractivity contribution in [2.75, 3.05) is 39.3 Å². The van der Waals surface area contributed by atoms with E-state index in [4.69, 9.17) is 4.74 Å². The van der Waals surface area contributed by atoms with Crippen molar-refractivity contribution in [1.29, 1.82) is 0 Å². The number of thiophene rings is 1. The van der Waals surface area contributed by atoms with Gasteiger partial charge in [-0.05, 0) is 28.8 Å². The van der Waals surface area contributed by atoms with Crippen molar-refractivity contribution in [3.8, 4) is 0 Å². The normalized spacial score (nSPS) is 26.3. The van der Waals surface area contributed by atoms with Gasteiger partial charge in [0.25, 0.3) is 0 Å². The number of fused-ring (bicyclic) bond motifs is 1. The van der Waals surface area contributed by atoms with Gasteiger partial charge in [-0.25, -0.2) is 0 Å². The van der Waals surface area contributed by atoms with Crippen LogP contribution in [0.4, 0.5) is 0 Å². The van der Waals surface area contributed by atoms with Crippen molar-refractivity contribution in [2.24, 2.45) is 5.92 Å². The fraction of sp³-hybridized carbons (Fsp3) is 0.588. The zero-order valence-corrected chi connectivity index (χ0v) is 13.8. The molecule has 0 unspecified atom stereocenters. The molecular weight excluding hydrogens is 296 g/mol. The average Bonchev–Trinajstić information content (AvgIpc) is 2.93. The van der Waals surface area contributed by atoms with Gasteiger partial charge < -0.3 is 9.64 Å². The number of rotatable bonds is 4. The maximum absolute atomic E-state index is 12.4. The van der Waals surface area contributed by atoms with Crippen LogP contribution in [-0.4, -0.2) is 61.1 Å². The summed E-state index contributed by atoms with van der Waals surface area (Å²) in [6, 6.07) is 2.03. The lowest BCUT2D eigenvalue weighted by Crippen LogP contribution is -2.49. The Morgan fingerprint density at radius 2 is 2.36 bits per heavy atom. The minimum Gasteiger partial charge on any atom is -0.375 e. The molecule has 2 saturated heterocycles. The van der Waals surface area contributed by atoms with E-state index >= 15 is 0 Å². The largest absolute Gasteiger partial charge is 0.375 e. The fourth-order valence-electron chi connectivity index (χ4n) is 3.37. The number of ether oxygens (including phenoxy) is 1. The highest BCUT2D eigenvalue weighted by molar-refractivity contribution is 7.07. The van der Waals surface area contributed by atoms with Crippen molar-refractivity contribution < 1.29 is 9.53 Å². The molecule has 0 spiro atoms. The quantitative estimate of drug-likeness (QED) is 0.796. The zero-order valence-electron chi connectivity index (χ0n) is 12.9. The van der Waals surface area contributed by atoms with Crippen LogP contribution >= 0.6 is 11.3 Å². The van der Waals surface area contributed by atoms with E-state index < -0.39 is 0 Å². The first kappa shape index (κ1) is 15.7. The molecule has 3 rings (SSSR count). The van der Waals surface area contributed by atoms with Gasteiger partial charge in [-0.2, -0.15) is 11.3 Å². The van der Waals surface area contributed by atoms with E-state index in [1.165, 1.54) is 0 Å². The number of likely N-dealkylation sites (tertiary alicyclic amines) is 1. The fourth-order valence-corrected chi connectivity index (χ4v) is 4.04. The number of piperidine rings is 1. The highest BCUT2D eigenvalue weighted by atomic mass is 32.1. The van der Waals surface area contributed by atoms with Gasteiger partial charge in [-0.15, -0.1) is 6.58 Å². The van der Waals surface area contributed by atoms with Crippen molar-refractivity contribution in [3.63, 3.8) is 0 Å². The third kappa shape index (κ3) is 3.77. The van der Waals surface area contributed by atoms with Crippen LogP contribution in [0.25, 0.3) is 0 Å². The predicted octanol–water partition coefficient (Wildman–Crippen LogP) is 2.03.